The molecule has 0 saturated carbocycles. The number of amides is 2. The molecular weight excluding hydrogens is 320 g/mol. The van der Waals surface area contributed by atoms with E-state index in [4.69, 9.17) is 0 Å². The van der Waals surface area contributed by atoms with Crippen molar-refractivity contribution in [1.29, 1.82) is 0 Å². The van der Waals surface area contributed by atoms with E-state index in [-0.39, 0.29) is 17.7 Å². The van der Waals surface area contributed by atoms with Gasteiger partial charge in [0.25, 0.3) is 5.91 Å². The summed E-state index contributed by atoms with van der Waals surface area (Å²) in [6.45, 7) is 0.567. The summed E-state index contributed by atoms with van der Waals surface area (Å²) in [4.78, 5) is 28.2. The Kier molecular flexibility index (Phi) is 5.00. The molecule has 0 fully saturated rings. The van der Waals surface area contributed by atoms with Gasteiger partial charge in [-0.1, -0.05) is 30.3 Å². The first-order chi connectivity index (χ1) is 11.5. The van der Waals surface area contributed by atoms with Crippen LogP contribution in [-0.2, 0) is 24.2 Å². The minimum absolute atomic E-state index is 0.00174. The van der Waals surface area contributed by atoms with Crippen LogP contribution in [0, 0.1) is 5.92 Å². The normalized spacial score (nSPS) is 16.3. The van der Waals surface area contributed by atoms with Crippen molar-refractivity contribution >= 4 is 23.2 Å². The molecule has 0 bridgehead atoms. The molecule has 0 radical (unpaired) electrons. The lowest BCUT2D eigenvalue weighted by Crippen LogP contribution is -2.33. The van der Waals surface area contributed by atoms with Gasteiger partial charge in [0, 0.05) is 31.4 Å². The van der Waals surface area contributed by atoms with Crippen molar-refractivity contribution < 1.29 is 9.59 Å². The van der Waals surface area contributed by atoms with Crippen LogP contribution in [0.25, 0.3) is 0 Å². The summed E-state index contributed by atoms with van der Waals surface area (Å²) in [5.74, 6) is 0.147. The topological polar surface area (TPSA) is 49.4 Å². The summed E-state index contributed by atoms with van der Waals surface area (Å²) in [6.07, 6.45) is 2.46. The SMILES string of the molecule is CN(C)C(=O)c1cc2c(s1)CC[C@H](C(=O)NCc1ccccc1)C2. The molecule has 0 spiro atoms. The Morgan fingerprint density at radius 1 is 1.25 bits per heavy atom. The number of thiophene rings is 1. The molecule has 0 saturated heterocycles. The number of hydrogen-bond donors (Lipinski definition) is 1. The second-order valence-corrected chi connectivity index (χ2v) is 7.54. The van der Waals surface area contributed by atoms with Crippen molar-refractivity contribution in [2.24, 2.45) is 5.92 Å². The maximum absolute atomic E-state index is 12.4. The molecule has 1 aromatic heterocycles. The lowest BCUT2D eigenvalue weighted by atomic mass is 9.87. The number of carbonyl (C=O) groups excluding carboxylic acids is 2. The van der Waals surface area contributed by atoms with Gasteiger partial charge in [-0.2, -0.15) is 0 Å². The van der Waals surface area contributed by atoms with Crippen LogP contribution in [-0.4, -0.2) is 30.8 Å². The average molecular weight is 342 g/mol. The van der Waals surface area contributed by atoms with E-state index < -0.39 is 0 Å². The predicted octanol–water partition coefficient (Wildman–Crippen LogP) is 2.87. The largest absolute Gasteiger partial charge is 0.352 e. The van der Waals surface area contributed by atoms with Crippen molar-refractivity contribution in [3.8, 4) is 0 Å². The first kappa shape index (κ1) is 16.7. The van der Waals surface area contributed by atoms with Gasteiger partial charge in [0.1, 0.15) is 0 Å². The van der Waals surface area contributed by atoms with Crippen molar-refractivity contribution in [2.45, 2.75) is 25.8 Å². The summed E-state index contributed by atoms with van der Waals surface area (Å²) < 4.78 is 0. The third-order valence-electron chi connectivity index (χ3n) is 4.38. The summed E-state index contributed by atoms with van der Waals surface area (Å²) in [7, 11) is 3.53. The fraction of sp³-hybridized carbons (Fsp3) is 0.368. The summed E-state index contributed by atoms with van der Waals surface area (Å²) in [5, 5.41) is 3.04. The van der Waals surface area contributed by atoms with E-state index in [0.717, 1.165) is 35.3 Å². The Bertz CT molecular complexity index is 737. The fourth-order valence-electron chi connectivity index (χ4n) is 3.00. The molecule has 3 rings (SSSR count). The molecule has 1 heterocycles. The summed E-state index contributed by atoms with van der Waals surface area (Å²) >= 11 is 1.57. The van der Waals surface area contributed by atoms with Crippen LogP contribution < -0.4 is 5.32 Å². The predicted molar refractivity (Wildman–Crippen MR) is 96.1 cm³/mol. The molecule has 2 amide bonds. The molecule has 1 aliphatic rings. The maximum atomic E-state index is 12.4. The zero-order valence-electron chi connectivity index (χ0n) is 14.0. The Morgan fingerprint density at radius 3 is 2.71 bits per heavy atom. The number of carbonyl (C=O) groups is 2. The lowest BCUT2D eigenvalue weighted by molar-refractivity contribution is -0.125. The highest BCUT2D eigenvalue weighted by Crippen LogP contribution is 2.33. The van der Waals surface area contributed by atoms with Crippen molar-refractivity contribution in [3.05, 3.63) is 57.3 Å². The van der Waals surface area contributed by atoms with Crippen LogP contribution >= 0.6 is 11.3 Å². The number of rotatable bonds is 4. The fourth-order valence-corrected chi connectivity index (χ4v) is 4.23. The smallest absolute Gasteiger partial charge is 0.263 e. The van der Waals surface area contributed by atoms with Crippen molar-refractivity contribution in [1.82, 2.24) is 10.2 Å². The first-order valence-electron chi connectivity index (χ1n) is 8.19. The van der Waals surface area contributed by atoms with Crippen LogP contribution in [0.1, 0.15) is 32.1 Å². The second-order valence-electron chi connectivity index (χ2n) is 6.40. The van der Waals surface area contributed by atoms with E-state index in [1.165, 1.54) is 4.88 Å². The first-order valence-corrected chi connectivity index (χ1v) is 9.01. The molecule has 2 aromatic rings. The molecular formula is C19H22N2O2S. The zero-order chi connectivity index (χ0) is 17.1. The van der Waals surface area contributed by atoms with E-state index in [9.17, 15) is 9.59 Å². The molecule has 1 atom stereocenters. The van der Waals surface area contributed by atoms with Gasteiger partial charge < -0.3 is 10.2 Å². The van der Waals surface area contributed by atoms with E-state index >= 15 is 0 Å². The van der Waals surface area contributed by atoms with Crippen LogP contribution in [0.3, 0.4) is 0 Å². The molecule has 1 aromatic carbocycles. The second kappa shape index (κ2) is 7.18. The highest BCUT2D eigenvalue weighted by atomic mass is 32.1. The third-order valence-corrected chi connectivity index (χ3v) is 5.61. The monoisotopic (exact) mass is 342 g/mol. The molecule has 1 aliphatic carbocycles. The highest BCUT2D eigenvalue weighted by Gasteiger charge is 2.27. The zero-order valence-corrected chi connectivity index (χ0v) is 14.9. The average Bonchev–Trinajstić information content (AvgIpc) is 3.02. The van der Waals surface area contributed by atoms with E-state index in [2.05, 4.69) is 5.32 Å². The van der Waals surface area contributed by atoms with Gasteiger partial charge in [-0.15, -0.1) is 11.3 Å². The van der Waals surface area contributed by atoms with Gasteiger partial charge in [-0.3, -0.25) is 9.59 Å². The molecule has 24 heavy (non-hydrogen) atoms. The number of hydrogen-bond acceptors (Lipinski definition) is 3. The number of nitrogens with one attached hydrogen (secondary N) is 1. The molecule has 5 heteroatoms. The van der Waals surface area contributed by atoms with Crippen molar-refractivity contribution in [3.63, 3.8) is 0 Å². The minimum atomic E-state index is -0.00174. The number of aryl methyl sites for hydroxylation is 1. The van der Waals surface area contributed by atoms with Crippen molar-refractivity contribution in [2.75, 3.05) is 14.1 Å². The molecule has 0 aliphatic heterocycles. The van der Waals surface area contributed by atoms with Crippen LogP contribution in [0.2, 0.25) is 0 Å². The number of benzene rings is 1. The maximum Gasteiger partial charge on any atom is 0.263 e. The van der Waals surface area contributed by atoms with Crippen LogP contribution in [0.4, 0.5) is 0 Å². The van der Waals surface area contributed by atoms with Gasteiger partial charge in [0.15, 0.2) is 0 Å². The Labute approximate surface area is 146 Å². The standard InChI is InChI=1S/C19H22N2O2S/c1-21(2)19(23)17-11-15-10-14(8-9-16(15)24-17)18(22)20-12-13-6-4-3-5-7-13/h3-7,11,14H,8-10,12H2,1-2H3,(H,20,22)/t14-/m0/s1. The Balaban J connectivity index is 1.62. The highest BCUT2D eigenvalue weighted by molar-refractivity contribution is 7.14. The van der Waals surface area contributed by atoms with E-state index in [1.54, 1.807) is 30.3 Å². The Morgan fingerprint density at radius 2 is 2.00 bits per heavy atom. The van der Waals surface area contributed by atoms with Gasteiger partial charge in [0.05, 0.1) is 4.88 Å². The molecule has 126 valence electrons. The summed E-state index contributed by atoms with van der Waals surface area (Å²) in [5.41, 5.74) is 2.27. The van der Waals surface area contributed by atoms with Gasteiger partial charge in [-0.25, -0.2) is 0 Å². The third kappa shape index (κ3) is 3.67. The van der Waals surface area contributed by atoms with Crippen LogP contribution in [0.5, 0.6) is 0 Å². The molecule has 4 nitrogen and oxygen atoms in total. The molecule has 1 N–H and O–H groups in total. The van der Waals surface area contributed by atoms with Crippen LogP contribution in [0.15, 0.2) is 36.4 Å². The molecule has 0 unspecified atom stereocenters. The summed E-state index contributed by atoms with van der Waals surface area (Å²) in [6, 6.07) is 11.9. The van der Waals surface area contributed by atoms with Gasteiger partial charge >= 0.3 is 0 Å². The van der Waals surface area contributed by atoms with Gasteiger partial charge in [-0.05, 0) is 36.5 Å². The van der Waals surface area contributed by atoms with E-state index in [0.29, 0.717) is 6.54 Å². The minimum Gasteiger partial charge on any atom is -0.352 e. The quantitative estimate of drug-likeness (QED) is 0.929. The number of fused-ring (bicyclic) bond motifs is 1. The number of nitrogens with zero attached hydrogens (tertiary/aromatic N) is 1. The van der Waals surface area contributed by atoms with Gasteiger partial charge in [0.2, 0.25) is 5.91 Å². The van der Waals surface area contributed by atoms with E-state index in [1.807, 2.05) is 36.4 Å². The lowest BCUT2D eigenvalue weighted by Gasteiger charge is -2.21. The Hall–Kier alpha value is -2.14.